The molecule has 0 amide bonds. The summed E-state index contributed by atoms with van der Waals surface area (Å²) < 4.78 is 10.9. The summed E-state index contributed by atoms with van der Waals surface area (Å²) in [7, 11) is 0. The van der Waals surface area contributed by atoms with Gasteiger partial charge in [0.15, 0.2) is 0 Å². The zero-order chi connectivity index (χ0) is 10.7. The summed E-state index contributed by atoms with van der Waals surface area (Å²) in [6, 6.07) is 0. The molecule has 15 heavy (non-hydrogen) atoms. The molecule has 88 valence electrons. The van der Waals surface area contributed by atoms with E-state index in [9.17, 15) is 5.11 Å². The molecule has 2 aliphatic heterocycles. The van der Waals surface area contributed by atoms with Gasteiger partial charge in [-0.15, -0.1) is 0 Å². The van der Waals surface area contributed by atoms with Crippen LogP contribution in [0.5, 0.6) is 0 Å². The summed E-state index contributed by atoms with van der Waals surface area (Å²) in [5, 5.41) is 10.3. The molecule has 3 nitrogen and oxygen atoms in total. The molecule has 2 fully saturated rings. The van der Waals surface area contributed by atoms with Crippen molar-refractivity contribution in [2.75, 3.05) is 19.8 Å². The number of rotatable bonds is 4. The van der Waals surface area contributed by atoms with Crippen LogP contribution in [-0.2, 0) is 9.47 Å². The van der Waals surface area contributed by atoms with Crippen molar-refractivity contribution < 1.29 is 14.6 Å². The van der Waals surface area contributed by atoms with Crippen LogP contribution >= 0.6 is 0 Å². The van der Waals surface area contributed by atoms with E-state index in [4.69, 9.17) is 9.47 Å². The van der Waals surface area contributed by atoms with Gasteiger partial charge in [-0.25, -0.2) is 0 Å². The normalized spacial score (nSPS) is 35.6. The smallest absolute Gasteiger partial charge is 0.0671 e. The van der Waals surface area contributed by atoms with Gasteiger partial charge in [-0.3, -0.25) is 0 Å². The van der Waals surface area contributed by atoms with Crippen LogP contribution in [0.25, 0.3) is 0 Å². The van der Waals surface area contributed by atoms with Gasteiger partial charge in [0.25, 0.3) is 0 Å². The molecular weight excluding hydrogens is 192 g/mol. The van der Waals surface area contributed by atoms with Gasteiger partial charge in [0.1, 0.15) is 0 Å². The minimum absolute atomic E-state index is 0.318. The van der Waals surface area contributed by atoms with Gasteiger partial charge >= 0.3 is 0 Å². The van der Waals surface area contributed by atoms with E-state index in [1.54, 1.807) is 0 Å². The molecule has 0 aromatic carbocycles. The molecule has 2 rings (SSSR count). The number of hydrogen-bond donors (Lipinski definition) is 1. The summed E-state index contributed by atoms with van der Waals surface area (Å²) in [6.45, 7) is 4.37. The Morgan fingerprint density at radius 3 is 2.80 bits per heavy atom. The molecule has 3 atom stereocenters. The lowest BCUT2D eigenvalue weighted by Gasteiger charge is -2.30. The van der Waals surface area contributed by atoms with Crippen LogP contribution in [0.4, 0.5) is 0 Å². The van der Waals surface area contributed by atoms with E-state index in [1.165, 1.54) is 6.42 Å². The van der Waals surface area contributed by atoms with Gasteiger partial charge in [0, 0.05) is 19.1 Å². The van der Waals surface area contributed by atoms with Crippen LogP contribution in [0.2, 0.25) is 0 Å². The van der Waals surface area contributed by atoms with Crippen molar-refractivity contribution in [1.82, 2.24) is 0 Å². The molecular formula is C12H22O3. The second kappa shape index (κ2) is 4.81. The highest BCUT2D eigenvalue weighted by molar-refractivity contribution is 4.85. The first-order valence-corrected chi connectivity index (χ1v) is 6.10. The fourth-order valence-electron chi connectivity index (χ4n) is 2.55. The Bertz CT molecular complexity index is 191. The van der Waals surface area contributed by atoms with Crippen molar-refractivity contribution >= 4 is 0 Å². The highest BCUT2D eigenvalue weighted by atomic mass is 16.5. The van der Waals surface area contributed by atoms with Crippen LogP contribution < -0.4 is 0 Å². The summed E-state index contributed by atoms with van der Waals surface area (Å²) in [6.07, 6.45) is 5.56. The predicted molar refractivity (Wildman–Crippen MR) is 57.8 cm³/mol. The number of aliphatic hydroxyl groups is 1. The maximum absolute atomic E-state index is 10.3. The quantitative estimate of drug-likeness (QED) is 0.774. The molecule has 2 heterocycles. The Hall–Kier alpha value is -0.120. The lowest BCUT2D eigenvalue weighted by atomic mass is 9.84. The predicted octanol–water partition coefficient (Wildman–Crippen LogP) is 1.73. The molecule has 0 aliphatic carbocycles. The van der Waals surface area contributed by atoms with Crippen molar-refractivity contribution in [2.24, 2.45) is 5.92 Å². The van der Waals surface area contributed by atoms with Crippen molar-refractivity contribution in [3.8, 4) is 0 Å². The fraction of sp³-hybridized carbons (Fsp3) is 1.00. The van der Waals surface area contributed by atoms with E-state index in [0.717, 1.165) is 45.5 Å². The maximum Gasteiger partial charge on any atom is 0.0671 e. The third kappa shape index (κ3) is 2.92. The van der Waals surface area contributed by atoms with E-state index >= 15 is 0 Å². The van der Waals surface area contributed by atoms with Gasteiger partial charge in [0.05, 0.1) is 18.3 Å². The third-order valence-electron chi connectivity index (χ3n) is 3.81. The molecule has 0 bridgehead atoms. The zero-order valence-corrected chi connectivity index (χ0v) is 9.58. The van der Waals surface area contributed by atoms with Gasteiger partial charge in [-0.2, -0.15) is 0 Å². The highest BCUT2D eigenvalue weighted by Crippen LogP contribution is 2.31. The van der Waals surface area contributed by atoms with E-state index in [-0.39, 0.29) is 0 Å². The standard InChI is InChI=1S/C12H22O3/c1-12(13,10-5-8-14-9-10)6-4-11-3-2-7-15-11/h10-11,13H,2-9H2,1H3. The van der Waals surface area contributed by atoms with Crippen molar-refractivity contribution in [1.29, 1.82) is 0 Å². The topological polar surface area (TPSA) is 38.7 Å². The van der Waals surface area contributed by atoms with Gasteiger partial charge < -0.3 is 14.6 Å². The fourth-order valence-corrected chi connectivity index (χ4v) is 2.55. The molecule has 3 unspecified atom stereocenters. The average molecular weight is 214 g/mol. The minimum Gasteiger partial charge on any atom is -0.390 e. The molecule has 1 N–H and O–H groups in total. The zero-order valence-electron chi connectivity index (χ0n) is 9.58. The molecule has 0 aromatic heterocycles. The third-order valence-corrected chi connectivity index (χ3v) is 3.81. The van der Waals surface area contributed by atoms with E-state index < -0.39 is 5.60 Å². The average Bonchev–Trinajstić information content (AvgIpc) is 2.88. The molecule has 3 heteroatoms. The molecule has 0 saturated carbocycles. The van der Waals surface area contributed by atoms with E-state index in [1.807, 2.05) is 6.92 Å². The van der Waals surface area contributed by atoms with Crippen LogP contribution in [0.1, 0.15) is 39.0 Å². The summed E-state index contributed by atoms with van der Waals surface area (Å²) in [5.74, 6) is 0.318. The maximum atomic E-state index is 10.3. The lowest BCUT2D eigenvalue weighted by molar-refractivity contribution is -0.0252. The van der Waals surface area contributed by atoms with Gasteiger partial charge in [-0.05, 0) is 39.0 Å². The highest BCUT2D eigenvalue weighted by Gasteiger charge is 2.35. The second-order valence-corrected chi connectivity index (χ2v) is 5.09. The van der Waals surface area contributed by atoms with Crippen LogP contribution in [0.3, 0.4) is 0 Å². The molecule has 0 spiro atoms. The first kappa shape index (κ1) is 11.4. The second-order valence-electron chi connectivity index (χ2n) is 5.09. The first-order valence-electron chi connectivity index (χ1n) is 6.10. The summed E-state index contributed by atoms with van der Waals surface area (Å²) >= 11 is 0. The van der Waals surface area contributed by atoms with Crippen LogP contribution in [-0.4, -0.2) is 36.6 Å². The monoisotopic (exact) mass is 214 g/mol. The van der Waals surface area contributed by atoms with Crippen molar-refractivity contribution in [2.45, 2.75) is 50.7 Å². The van der Waals surface area contributed by atoms with E-state index in [0.29, 0.717) is 12.0 Å². The Labute approximate surface area is 91.8 Å². The first-order chi connectivity index (χ1) is 7.18. The van der Waals surface area contributed by atoms with Crippen LogP contribution in [0.15, 0.2) is 0 Å². The Kier molecular flexibility index (Phi) is 3.65. The minimum atomic E-state index is -0.567. The molecule has 0 radical (unpaired) electrons. The number of hydrogen-bond acceptors (Lipinski definition) is 3. The van der Waals surface area contributed by atoms with Gasteiger partial charge in [0.2, 0.25) is 0 Å². The largest absolute Gasteiger partial charge is 0.390 e. The van der Waals surface area contributed by atoms with Crippen LogP contribution in [0, 0.1) is 5.92 Å². The molecule has 2 aliphatic rings. The number of ether oxygens (including phenoxy) is 2. The van der Waals surface area contributed by atoms with Crippen molar-refractivity contribution in [3.63, 3.8) is 0 Å². The summed E-state index contributed by atoms with van der Waals surface area (Å²) in [4.78, 5) is 0. The Balaban J connectivity index is 1.75. The summed E-state index contributed by atoms with van der Waals surface area (Å²) in [5.41, 5.74) is -0.567. The van der Waals surface area contributed by atoms with Gasteiger partial charge in [-0.1, -0.05) is 0 Å². The van der Waals surface area contributed by atoms with E-state index in [2.05, 4.69) is 0 Å². The SMILES string of the molecule is CC(O)(CCC1CCCO1)C1CCOC1. The van der Waals surface area contributed by atoms with Crippen molar-refractivity contribution in [3.05, 3.63) is 0 Å². The lowest BCUT2D eigenvalue weighted by Crippen LogP contribution is -2.35. The molecule has 0 aromatic rings. The Morgan fingerprint density at radius 2 is 2.20 bits per heavy atom. The molecule has 2 saturated heterocycles. The Morgan fingerprint density at radius 1 is 1.33 bits per heavy atom.